The van der Waals surface area contributed by atoms with Gasteiger partial charge in [-0.1, -0.05) is 73.6 Å². The van der Waals surface area contributed by atoms with Crippen molar-refractivity contribution in [2.45, 2.75) is 86.6 Å². The lowest BCUT2D eigenvalue weighted by Gasteiger charge is -2.34. The van der Waals surface area contributed by atoms with Crippen LogP contribution in [-0.2, 0) is 0 Å². The summed E-state index contributed by atoms with van der Waals surface area (Å²) in [4.78, 5) is 0. The minimum absolute atomic E-state index is 0.660. The molecule has 0 aromatic heterocycles. The monoisotopic (exact) mass is 295 g/mol. The number of unbranched alkanes of at least 4 members (excludes halogenated alkanes) is 1. The highest BCUT2D eigenvalue weighted by molar-refractivity contribution is 4.97. The zero-order valence-electron chi connectivity index (χ0n) is 15.8. The van der Waals surface area contributed by atoms with Crippen molar-refractivity contribution in [2.75, 3.05) is 6.54 Å². The van der Waals surface area contributed by atoms with Crippen molar-refractivity contribution in [1.29, 1.82) is 0 Å². The summed E-state index contributed by atoms with van der Waals surface area (Å²) >= 11 is 0. The minimum Gasteiger partial charge on any atom is -0.314 e. The second-order valence-electron chi connectivity index (χ2n) is 7.95. The molecule has 5 atom stereocenters. The van der Waals surface area contributed by atoms with E-state index in [1.54, 1.807) is 0 Å². The first kappa shape index (κ1) is 19.0. The molecule has 1 aliphatic carbocycles. The van der Waals surface area contributed by atoms with Crippen LogP contribution < -0.4 is 5.32 Å². The first-order valence-electron chi connectivity index (χ1n) is 9.71. The quantitative estimate of drug-likeness (QED) is 0.512. The maximum Gasteiger partial charge on any atom is 0.00721 e. The Balaban J connectivity index is 2.44. The standard InChI is InChI=1S/C20H41N/c1-8-11-12-15(6)20(14(4)5)16(7)21-13-19-17(9-2)18(19)10-3/h14-21H,8-13H2,1-7H3. The van der Waals surface area contributed by atoms with Gasteiger partial charge in [0.1, 0.15) is 0 Å². The van der Waals surface area contributed by atoms with E-state index in [0.717, 1.165) is 35.5 Å². The Bertz CT molecular complexity index is 263. The molecule has 21 heavy (non-hydrogen) atoms. The van der Waals surface area contributed by atoms with E-state index < -0.39 is 0 Å². The van der Waals surface area contributed by atoms with Crippen LogP contribution in [0.25, 0.3) is 0 Å². The minimum atomic E-state index is 0.660. The van der Waals surface area contributed by atoms with Gasteiger partial charge in [0, 0.05) is 6.04 Å². The lowest BCUT2D eigenvalue weighted by molar-refractivity contribution is 0.193. The number of hydrogen-bond donors (Lipinski definition) is 1. The zero-order chi connectivity index (χ0) is 16.0. The van der Waals surface area contributed by atoms with Crippen molar-refractivity contribution in [3.8, 4) is 0 Å². The molecule has 0 bridgehead atoms. The van der Waals surface area contributed by atoms with Crippen LogP contribution in [0.15, 0.2) is 0 Å². The molecule has 1 rings (SSSR count). The predicted molar refractivity (Wildman–Crippen MR) is 95.5 cm³/mol. The van der Waals surface area contributed by atoms with E-state index in [1.165, 1.54) is 38.6 Å². The average molecular weight is 296 g/mol. The Labute approximate surface area is 134 Å². The molecule has 5 unspecified atom stereocenters. The molecule has 1 saturated carbocycles. The van der Waals surface area contributed by atoms with Crippen molar-refractivity contribution < 1.29 is 0 Å². The molecular weight excluding hydrogens is 254 g/mol. The first-order chi connectivity index (χ1) is 9.97. The summed E-state index contributed by atoms with van der Waals surface area (Å²) in [5.41, 5.74) is 0. The van der Waals surface area contributed by atoms with Crippen LogP contribution in [-0.4, -0.2) is 12.6 Å². The Morgan fingerprint density at radius 2 is 1.43 bits per heavy atom. The fourth-order valence-electron chi connectivity index (χ4n) is 4.94. The third-order valence-electron chi connectivity index (χ3n) is 6.14. The normalized spacial score (nSPS) is 29.4. The summed E-state index contributed by atoms with van der Waals surface area (Å²) < 4.78 is 0. The van der Waals surface area contributed by atoms with Gasteiger partial charge in [-0.3, -0.25) is 0 Å². The highest BCUT2D eigenvalue weighted by Gasteiger charge is 2.46. The van der Waals surface area contributed by atoms with Gasteiger partial charge in [0.2, 0.25) is 0 Å². The van der Waals surface area contributed by atoms with E-state index in [2.05, 4.69) is 53.8 Å². The molecule has 0 heterocycles. The van der Waals surface area contributed by atoms with Crippen molar-refractivity contribution in [1.82, 2.24) is 5.32 Å². The summed E-state index contributed by atoms with van der Waals surface area (Å²) in [6.07, 6.45) is 6.86. The van der Waals surface area contributed by atoms with Gasteiger partial charge < -0.3 is 5.32 Å². The SMILES string of the molecule is CCCCC(C)C(C(C)C)C(C)NCC1C(CC)C1CC. The molecule has 1 heteroatoms. The van der Waals surface area contributed by atoms with Gasteiger partial charge in [-0.15, -0.1) is 0 Å². The average Bonchev–Trinajstić information content (AvgIpc) is 3.14. The molecule has 0 radical (unpaired) electrons. The maximum absolute atomic E-state index is 3.91. The second-order valence-corrected chi connectivity index (χ2v) is 7.95. The molecule has 0 amide bonds. The van der Waals surface area contributed by atoms with Gasteiger partial charge in [-0.05, 0) is 49.0 Å². The summed E-state index contributed by atoms with van der Waals surface area (Å²) in [6.45, 7) is 18.0. The van der Waals surface area contributed by atoms with E-state index >= 15 is 0 Å². The molecule has 0 saturated heterocycles. The van der Waals surface area contributed by atoms with Gasteiger partial charge in [0.15, 0.2) is 0 Å². The second kappa shape index (κ2) is 9.18. The summed E-state index contributed by atoms with van der Waals surface area (Å²) in [5.74, 6) is 5.41. The smallest absolute Gasteiger partial charge is 0.00721 e. The molecule has 1 N–H and O–H groups in total. The van der Waals surface area contributed by atoms with E-state index in [0.29, 0.717) is 6.04 Å². The van der Waals surface area contributed by atoms with Gasteiger partial charge in [0.25, 0.3) is 0 Å². The molecule has 1 aliphatic rings. The van der Waals surface area contributed by atoms with Gasteiger partial charge >= 0.3 is 0 Å². The van der Waals surface area contributed by atoms with Gasteiger partial charge in [0.05, 0.1) is 0 Å². The molecule has 0 aromatic rings. The molecule has 1 fully saturated rings. The molecule has 1 nitrogen and oxygen atoms in total. The molecular formula is C20H41N. The lowest BCUT2D eigenvalue weighted by atomic mass is 9.77. The van der Waals surface area contributed by atoms with Crippen molar-refractivity contribution in [2.24, 2.45) is 35.5 Å². The lowest BCUT2D eigenvalue weighted by Crippen LogP contribution is -2.40. The van der Waals surface area contributed by atoms with Crippen LogP contribution in [0.2, 0.25) is 0 Å². The topological polar surface area (TPSA) is 12.0 Å². The fourth-order valence-corrected chi connectivity index (χ4v) is 4.94. The zero-order valence-corrected chi connectivity index (χ0v) is 15.8. The van der Waals surface area contributed by atoms with Gasteiger partial charge in [-0.25, -0.2) is 0 Å². The van der Waals surface area contributed by atoms with E-state index in [1.807, 2.05) is 0 Å². The number of nitrogens with one attached hydrogen (secondary N) is 1. The number of rotatable bonds is 11. The van der Waals surface area contributed by atoms with Crippen LogP contribution in [0, 0.1) is 35.5 Å². The van der Waals surface area contributed by atoms with Crippen LogP contribution >= 0.6 is 0 Å². The van der Waals surface area contributed by atoms with Gasteiger partial charge in [-0.2, -0.15) is 0 Å². The van der Waals surface area contributed by atoms with Crippen LogP contribution in [0.1, 0.15) is 80.6 Å². The van der Waals surface area contributed by atoms with E-state index in [4.69, 9.17) is 0 Å². The van der Waals surface area contributed by atoms with Crippen LogP contribution in [0.3, 0.4) is 0 Å². The summed E-state index contributed by atoms with van der Waals surface area (Å²) in [5, 5.41) is 3.91. The summed E-state index contributed by atoms with van der Waals surface area (Å²) in [7, 11) is 0. The Kier molecular flexibility index (Phi) is 8.31. The molecule has 126 valence electrons. The first-order valence-corrected chi connectivity index (χ1v) is 9.71. The third-order valence-corrected chi connectivity index (χ3v) is 6.14. The Morgan fingerprint density at radius 1 is 0.857 bits per heavy atom. The van der Waals surface area contributed by atoms with Crippen LogP contribution in [0.5, 0.6) is 0 Å². The van der Waals surface area contributed by atoms with E-state index in [-0.39, 0.29) is 0 Å². The Hall–Kier alpha value is -0.0400. The van der Waals surface area contributed by atoms with Crippen molar-refractivity contribution >= 4 is 0 Å². The largest absolute Gasteiger partial charge is 0.314 e. The van der Waals surface area contributed by atoms with Crippen LogP contribution in [0.4, 0.5) is 0 Å². The summed E-state index contributed by atoms with van der Waals surface area (Å²) in [6, 6.07) is 0.660. The molecule has 0 aromatic carbocycles. The molecule has 0 spiro atoms. The van der Waals surface area contributed by atoms with Crippen molar-refractivity contribution in [3.05, 3.63) is 0 Å². The maximum atomic E-state index is 3.91. The molecule has 0 aliphatic heterocycles. The fraction of sp³-hybridized carbons (Fsp3) is 1.00. The highest BCUT2D eigenvalue weighted by atomic mass is 14.9. The predicted octanol–water partition coefficient (Wildman–Crippen LogP) is 5.75. The van der Waals surface area contributed by atoms with Crippen molar-refractivity contribution in [3.63, 3.8) is 0 Å². The Morgan fingerprint density at radius 3 is 1.86 bits per heavy atom. The highest BCUT2D eigenvalue weighted by Crippen LogP contribution is 2.50. The van der Waals surface area contributed by atoms with E-state index in [9.17, 15) is 0 Å². The third kappa shape index (κ3) is 5.27. The number of hydrogen-bond acceptors (Lipinski definition) is 1.